The second-order valence-electron chi connectivity index (χ2n) is 5.33. The first-order valence-electron chi connectivity index (χ1n) is 6.76. The van der Waals surface area contributed by atoms with E-state index in [1.807, 2.05) is 0 Å². The van der Waals surface area contributed by atoms with Gasteiger partial charge in [-0.2, -0.15) is 5.26 Å². The number of carbonyl (C=O) groups excluding carboxylic acids is 2. The monoisotopic (exact) mass is 355 g/mol. The minimum Gasteiger partial charge on any atom is -0.494 e. The predicted molar refractivity (Wildman–Crippen MR) is 82.3 cm³/mol. The van der Waals surface area contributed by atoms with Crippen LogP contribution in [0.25, 0.3) is 0 Å². The molecule has 1 saturated carbocycles. The number of ether oxygens (including phenoxy) is 1. The molecule has 0 aromatic heterocycles. The number of carbonyl (C=O) groups is 2. The van der Waals surface area contributed by atoms with Crippen LogP contribution in [-0.2, 0) is 14.6 Å². The van der Waals surface area contributed by atoms with Gasteiger partial charge in [0, 0.05) is 17.7 Å². The van der Waals surface area contributed by atoms with Gasteiger partial charge in [0.1, 0.15) is 4.90 Å². The third-order valence-electron chi connectivity index (χ3n) is 3.59. The van der Waals surface area contributed by atoms with E-state index in [0.717, 1.165) is 6.26 Å². The van der Waals surface area contributed by atoms with Gasteiger partial charge in [-0.3, -0.25) is 9.59 Å². The van der Waals surface area contributed by atoms with Crippen molar-refractivity contribution in [2.24, 2.45) is 11.8 Å². The maximum absolute atomic E-state index is 12.5. The van der Waals surface area contributed by atoms with Crippen molar-refractivity contribution >= 4 is 33.0 Å². The molecule has 8 heteroatoms. The van der Waals surface area contributed by atoms with Crippen LogP contribution in [-0.4, -0.2) is 33.3 Å². The molecule has 0 N–H and O–H groups in total. The number of hydrogen-bond acceptors (Lipinski definition) is 6. The minimum absolute atomic E-state index is 0.100. The lowest BCUT2D eigenvalue weighted by atomic mass is 9.92. The summed E-state index contributed by atoms with van der Waals surface area (Å²) >= 11 is 6.08. The molecule has 0 saturated heterocycles. The lowest BCUT2D eigenvalue weighted by Gasteiger charge is -2.13. The van der Waals surface area contributed by atoms with Gasteiger partial charge in [-0.15, -0.1) is 0 Å². The standard InChI is InChI=1S/C15H14ClNO5S/c1-22-15-11(23(2,20)21)6-5-9(12(15)16)14(19)10(7-17)13(18)8-3-4-8/h5-6,8,10H,3-4H2,1-2H3. The average molecular weight is 356 g/mol. The second kappa shape index (κ2) is 6.30. The van der Waals surface area contributed by atoms with Crippen LogP contribution >= 0.6 is 11.6 Å². The summed E-state index contributed by atoms with van der Waals surface area (Å²) in [7, 11) is -2.39. The molecule has 0 bridgehead atoms. The zero-order valence-electron chi connectivity index (χ0n) is 12.5. The van der Waals surface area contributed by atoms with Crippen molar-refractivity contribution in [3.63, 3.8) is 0 Å². The Morgan fingerprint density at radius 2 is 2.00 bits per heavy atom. The summed E-state index contributed by atoms with van der Waals surface area (Å²) in [6.45, 7) is 0. The van der Waals surface area contributed by atoms with E-state index in [-0.39, 0.29) is 27.1 Å². The Kier molecular flexibility index (Phi) is 4.78. The first-order valence-corrected chi connectivity index (χ1v) is 9.03. The number of nitriles is 1. The highest BCUT2D eigenvalue weighted by molar-refractivity contribution is 7.90. The van der Waals surface area contributed by atoms with Gasteiger partial charge in [0.05, 0.1) is 18.2 Å². The van der Waals surface area contributed by atoms with Crippen molar-refractivity contribution in [3.05, 3.63) is 22.7 Å². The van der Waals surface area contributed by atoms with Crippen molar-refractivity contribution in [2.75, 3.05) is 13.4 Å². The summed E-state index contributed by atoms with van der Waals surface area (Å²) in [6, 6.07) is 4.10. The van der Waals surface area contributed by atoms with Crippen LogP contribution < -0.4 is 4.74 Å². The van der Waals surface area contributed by atoms with Crippen molar-refractivity contribution in [2.45, 2.75) is 17.7 Å². The fourth-order valence-electron chi connectivity index (χ4n) is 2.22. The van der Waals surface area contributed by atoms with Crippen molar-refractivity contribution in [1.29, 1.82) is 5.26 Å². The molecule has 0 aliphatic heterocycles. The molecule has 0 heterocycles. The van der Waals surface area contributed by atoms with E-state index in [1.165, 1.54) is 19.2 Å². The topological polar surface area (TPSA) is 101 Å². The Balaban J connectivity index is 2.49. The Morgan fingerprint density at radius 1 is 1.39 bits per heavy atom. The van der Waals surface area contributed by atoms with Crippen LogP contribution in [0.5, 0.6) is 5.75 Å². The van der Waals surface area contributed by atoms with E-state index in [1.54, 1.807) is 6.07 Å². The Labute approximate surface area is 138 Å². The van der Waals surface area contributed by atoms with Crippen molar-refractivity contribution in [3.8, 4) is 11.8 Å². The highest BCUT2D eigenvalue weighted by atomic mass is 35.5. The van der Waals surface area contributed by atoms with E-state index >= 15 is 0 Å². The zero-order chi connectivity index (χ0) is 17.4. The number of benzene rings is 1. The van der Waals surface area contributed by atoms with Crippen LogP contribution in [0, 0.1) is 23.2 Å². The Hall–Kier alpha value is -1.91. The van der Waals surface area contributed by atoms with Gasteiger partial charge in [0.25, 0.3) is 0 Å². The molecular formula is C15H14ClNO5S. The van der Waals surface area contributed by atoms with E-state index < -0.39 is 27.3 Å². The molecule has 0 spiro atoms. The first kappa shape index (κ1) is 17.4. The van der Waals surface area contributed by atoms with E-state index in [2.05, 4.69) is 0 Å². The summed E-state index contributed by atoms with van der Waals surface area (Å²) in [6.07, 6.45) is 2.33. The molecule has 1 fully saturated rings. The normalized spacial score (nSPS) is 15.6. The van der Waals surface area contributed by atoms with E-state index in [9.17, 15) is 18.0 Å². The van der Waals surface area contributed by atoms with Crippen LogP contribution in [0.15, 0.2) is 17.0 Å². The van der Waals surface area contributed by atoms with Crippen molar-refractivity contribution in [1.82, 2.24) is 0 Å². The molecule has 1 aromatic rings. The summed E-state index contributed by atoms with van der Waals surface area (Å²) in [4.78, 5) is 24.3. The summed E-state index contributed by atoms with van der Waals surface area (Å²) < 4.78 is 28.4. The number of hydrogen-bond donors (Lipinski definition) is 0. The molecule has 1 aromatic carbocycles. The Morgan fingerprint density at radius 3 is 2.43 bits per heavy atom. The molecule has 23 heavy (non-hydrogen) atoms. The number of sulfone groups is 1. The fourth-order valence-corrected chi connectivity index (χ4v) is 3.45. The number of methoxy groups -OCH3 is 1. The molecule has 2 rings (SSSR count). The number of ketones is 2. The zero-order valence-corrected chi connectivity index (χ0v) is 14.1. The van der Waals surface area contributed by atoms with E-state index in [4.69, 9.17) is 21.6 Å². The van der Waals surface area contributed by atoms with Gasteiger partial charge in [0.2, 0.25) is 0 Å². The Bertz CT molecular complexity index is 821. The molecule has 0 amide bonds. The van der Waals surface area contributed by atoms with Gasteiger partial charge in [0.15, 0.2) is 33.1 Å². The average Bonchev–Trinajstić information content (AvgIpc) is 3.30. The number of rotatable bonds is 6. The highest BCUT2D eigenvalue weighted by Crippen LogP contribution is 2.38. The molecule has 1 aliphatic rings. The van der Waals surface area contributed by atoms with Crippen LogP contribution in [0.4, 0.5) is 0 Å². The highest BCUT2D eigenvalue weighted by Gasteiger charge is 2.39. The van der Waals surface area contributed by atoms with Gasteiger partial charge in [-0.1, -0.05) is 11.6 Å². The van der Waals surface area contributed by atoms with Gasteiger partial charge in [-0.25, -0.2) is 8.42 Å². The molecule has 0 radical (unpaired) electrons. The van der Waals surface area contributed by atoms with E-state index in [0.29, 0.717) is 12.8 Å². The maximum Gasteiger partial charge on any atom is 0.189 e. The fraction of sp³-hybridized carbons (Fsp3) is 0.400. The maximum atomic E-state index is 12.5. The SMILES string of the molecule is COc1c(S(C)(=O)=O)ccc(C(=O)C(C#N)C(=O)C2CC2)c1Cl. The number of halogens is 1. The summed E-state index contributed by atoms with van der Waals surface area (Å²) in [5.41, 5.74) is -0.100. The van der Waals surface area contributed by atoms with Crippen LogP contribution in [0.2, 0.25) is 5.02 Å². The lowest BCUT2D eigenvalue weighted by molar-refractivity contribution is -0.121. The molecule has 1 atom stereocenters. The third-order valence-corrected chi connectivity index (χ3v) is 5.08. The van der Waals surface area contributed by atoms with Gasteiger partial charge >= 0.3 is 0 Å². The quantitative estimate of drug-likeness (QED) is 0.571. The summed E-state index contributed by atoms with van der Waals surface area (Å²) in [5, 5.41) is 8.93. The second-order valence-corrected chi connectivity index (χ2v) is 7.70. The smallest absolute Gasteiger partial charge is 0.189 e. The summed E-state index contributed by atoms with van der Waals surface area (Å²) in [5.74, 6) is -3.02. The number of nitrogens with zero attached hydrogens (tertiary/aromatic N) is 1. The number of Topliss-reactive ketones (excluding diaryl/α,β-unsaturated/α-hetero) is 2. The largest absolute Gasteiger partial charge is 0.494 e. The first-order chi connectivity index (χ1) is 10.7. The van der Waals surface area contributed by atoms with Crippen molar-refractivity contribution < 1.29 is 22.7 Å². The molecular weight excluding hydrogens is 342 g/mol. The van der Waals surface area contributed by atoms with Crippen LogP contribution in [0.3, 0.4) is 0 Å². The third kappa shape index (κ3) is 3.38. The molecule has 6 nitrogen and oxygen atoms in total. The van der Waals surface area contributed by atoms with Gasteiger partial charge < -0.3 is 4.74 Å². The molecule has 1 unspecified atom stereocenters. The molecule has 122 valence electrons. The molecule has 1 aliphatic carbocycles. The van der Waals surface area contributed by atoms with Crippen LogP contribution in [0.1, 0.15) is 23.2 Å². The predicted octanol–water partition coefficient (Wildman–Crippen LogP) is 2.05. The lowest BCUT2D eigenvalue weighted by Crippen LogP contribution is -2.24. The van der Waals surface area contributed by atoms with Gasteiger partial charge in [-0.05, 0) is 25.0 Å². The minimum atomic E-state index is -3.61.